The van der Waals surface area contributed by atoms with Gasteiger partial charge in [-0.25, -0.2) is 5.43 Å². The van der Waals surface area contributed by atoms with Gasteiger partial charge in [0.2, 0.25) is 0 Å². The molecule has 0 aliphatic heterocycles. The summed E-state index contributed by atoms with van der Waals surface area (Å²) in [7, 11) is 0. The number of hydrazone groups is 1. The summed E-state index contributed by atoms with van der Waals surface area (Å²) in [5.41, 5.74) is 11.6. The zero-order valence-corrected chi connectivity index (χ0v) is 25.0. The lowest BCUT2D eigenvalue weighted by molar-refractivity contribution is 0.0923. The van der Waals surface area contributed by atoms with Crippen LogP contribution in [0.1, 0.15) is 70.0 Å². The molecule has 3 aromatic heterocycles. The zero-order valence-electron chi connectivity index (χ0n) is 25.0. The number of furan rings is 1. The number of hydrogen-bond acceptors (Lipinski definition) is 4. The van der Waals surface area contributed by atoms with Crippen LogP contribution in [0.15, 0.2) is 88.4 Å². The highest BCUT2D eigenvalue weighted by Gasteiger charge is 2.13. The van der Waals surface area contributed by atoms with Gasteiger partial charge in [0.25, 0.3) is 0 Å². The average molecular weight is 563 g/mol. The summed E-state index contributed by atoms with van der Waals surface area (Å²) in [4.78, 5) is 12.6. The standard InChI is InChI=1S/C35H38N4O3/c1-6-7-8-28-11-13-31(14-12-28)39-26(4)21-29(27(39)5)22-36-37-35(40)34-20-19-33(42-34)23-41-32-17-15-30(16-18-32)38-24(2)9-10-25(38)3/h9-22H,6-8,23H2,1-5H3,(H,37,40)/b36-22+. The van der Waals surface area contributed by atoms with Crippen molar-refractivity contribution in [1.82, 2.24) is 14.6 Å². The molecule has 7 heteroatoms. The largest absolute Gasteiger partial charge is 0.486 e. The maximum absolute atomic E-state index is 12.6. The number of carbonyl (C=O) groups excluding carboxylic acids is 1. The Labute approximate surface area is 247 Å². The van der Waals surface area contributed by atoms with E-state index in [0.29, 0.717) is 5.76 Å². The van der Waals surface area contributed by atoms with E-state index in [1.807, 2.05) is 24.3 Å². The van der Waals surface area contributed by atoms with Gasteiger partial charge < -0.3 is 18.3 Å². The van der Waals surface area contributed by atoms with Gasteiger partial charge in [-0.2, -0.15) is 5.10 Å². The molecule has 5 aromatic rings. The van der Waals surface area contributed by atoms with Crippen LogP contribution >= 0.6 is 0 Å². The van der Waals surface area contributed by atoms with E-state index >= 15 is 0 Å². The van der Waals surface area contributed by atoms with Crippen LogP contribution in [0.25, 0.3) is 11.4 Å². The van der Waals surface area contributed by atoms with Crippen molar-refractivity contribution in [3.8, 4) is 17.1 Å². The third-order valence-electron chi connectivity index (χ3n) is 7.49. The zero-order chi connectivity index (χ0) is 29.6. The maximum atomic E-state index is 12.6. The highest BCUT2D eigenvalue weighted by atomic mass is 16.5. The molecule has 0 bridgehead atoms. The molecule has 1 N–H and O–H groups in total. The molecule has 0 atom stereocenters. The number of aromatic nitrogens is 2. The number of ether oxygens (including phenoxy) is 1. The minimum Gasteiger partial charge on any atom is -0.486 e. The predicted molar refractivity (Wildman–Crippen MR) is 167 cm³/mol. The van der Waals surface area contributed by atoms with Gasteiger partial charge in [0.15, 0.2) is 5.76 Å². The predicted octanol–water partition coefficient (Wildman–Crippen LogP) is 7.78. The van der Waals surface area contributed by atoms with Crippen molar-refractivity contribution in [2.75, 3.05) is 0 Å². The monoisotopic (exact) mass is 562 g/mol. The number of carbonyl (C=O) groups is 1. The number of amides is 1. The normalized spacial score (nSPS) is 11.4. The fraction of sp³-hybridized carbons (Fsp3) is 0.257. The van der Waals surface area contributed by atoms with E-state index in [9.17, 15) is 4.79 Å². The van der Waals surface area contributed by atoms with Gasteiger partial charge >= 0.3 is 5.91 Å². The molecule has 0 spiro atoms. The summed E-state index contributed by atoms with van der Waals surface area (Å²) in [6.45, 7) is 10.7. The summed E-state index contributed by atoms with van der Waals surface area (Å²) >= 11 is 0. The first-order chi connectivity index (χ1) is 20.3. The van der Waals surface area contributed by atoms with Crippen LogP contribution in [-0.2, 0) is 13.0 Å². The van der Waals surface area contributed by atoms with Crippen molar-refractivity contribution in [3.63, 3.8) is 0 Å². The van der Waals surface area contributed by atoms with Crippen LogP contribution in [-0.4, -0.2) is 21.3 Å². The van der Waals surface area contributed by atoms with Crippen molar-refractivity contribution in [3.05, 3.63) is 124 Å². The van der Waals surface area contributed by atoms with Crippen LogP contribution in [0.5, 0.6) is 5.75 Å². The van der Waals surface area contributed by atoms with E-state index in [1.165, 1.54) is 29.8 Å². The number of unbranched alkanes of at least 4 members (excludes halogenated alkanes) is 1. The average Bonchev–Trinajstić information content (AvgIpc) is 3.68. The Hall–Kier alpha value is -4.78. The molecule has 0 unspecified atom stereocenters. The Bertz CT molecular complexity index is 1670. The van der Waals surface area contributed by atoms with Crippen LogP contribution < -0.4 is 10.2 Å². The molecule has 0 saturated carbocycles. The first-order valence-electron chi connectivity index (χ1n) is 14.4. The van der Waals surface area contributed by atoms with Crippen LogP contribution in [0.3, 0.4) is 0 Å². The van der Waals surface area contributed by atoms with Crippen molar-refractivity contribution in [2.45, 2.75) is 60.5 Å². The minimum atomic E-state index is -0.421. The lowest BCUT2D eigenvalue weighted by atomic mass is 10.1. The molecule has 3 heterocycles. The SMILES string of the molecule is CCCCc1ccc(-n2c(C)cc(/C=N/NC(=O)c3ccc(COc4ccc(-n5c(C)ccc5C)cc4)o3)c2C)cc1. The Morgan fingerprint density at radius 3 is 2.21 bits per heavy atom. The number of rotatable bonds is 11. The fourth-order valence-corrected chi connectivity index (χ4v) is 5.22. The van der Waals surface area contributed by atoms with E-state index in [-0.39, 0.29) is 12.4 Å². The summed E-state index contributed by atoms with van der Waals surface area (Å²) in [6, 6.07) is 26.2. The molecule has 0 saturated heterocycles. The lowest BCUT2D eigenvalue weighted by Gasteiger charge is -2.10. The molecule has 5 rings (SSSR count). The smallest absolute Gasteiger partial charge is 0.307 e. The molecular formula is C35H38N4O3. The second-order valence-electron chi connectivity index (χ2n) is 10.6. The van der Waals surface area contributed by atoms with Gasteiger partial charge in [0, 0.05) is 39.7 Å². The molecule has 0 fully saturated rings. The van der Waals surface area contributed by atoms with Gasteiger partial charge in [-0.15, -0.1) is 0 Å². The Kier molecular flexibility index (Phi) is 8.77. The van der Waals surface area contributed by atoms with Gasteiger partial charge in [0.1, 0.15) is 18.1 Å². The number of aryl methyl sites for hydroxylation is 4. The molecule has 7 nitrogen and oxygen atoms in total. The quantitative estimate of drug-likeness (QED) is 0.132. The Morgan fingerprint density at radius 2 is 1.52 bits per heavy atom. The second kappa shape index (κ2) is 12.8. The molecule has 42 heavy (non-hydrogen) atoms. The van der Waals surface area contributed by atoms with Crippen LogP contribution in [0.4, 0.5) is 0 Å². The van der Waals surface area contributed by atoms with Gasteiger partial charge in [0.05, 0.1) is 6.21 Å². The molecule has 0 aliphatic rings. The fourth-order valence-electron chi connectivity index (χ4n) is 5.22. The highest BCUT2D eigenvalue weighted by Crippen LogP contribution is 2.22. The molecule has 1 amide bonds. The van der Waals surface area contributed by atoms with Gasteiger partial charge in [-0.1, -0.05) is 25.5 Å². The summed E-state index contributed by atoms with van der Waals surface area (Å²) in [5, 5.41) is 4.19. The van der Waals surface area contributed by atoms with Crippen molar-refractivity contribution in [2.24, 2.45) is 5.10 Å². The number of nitrogens with one attached hydrogen (secondary N) is 1. The van der Waals surface area contributed by atoms with Crippen LogP contribution in [0.2, 0.25) is 0 Å². The van der Waals surface area contributed by atoms with E-state index < -0.39 is 5.91 Å². The van der Waals surface area contributed by atoms with Crippen molar-refractivity contribution < 1.29 is 13.9 Å². The van der Waals surface area contributed by atoms with E-state index in [4.69, 9.17) is 9.15 Å². The number of benzene rings is 2. The third-order valence-corrected chi connectivity index (χ3v) is 7.49. The first kappa shape index (κ1) is 28.7. The van der Waals surface area contributed by atoms with Crippen molar-refractivity contribution >= 4 is 12.1 Å². The molecule has 216 valence electrons. The molecule has 2 aromatic carbocycles. The Morgan fingerprint density at radius 1 is 0.857 bits per heavy atom. The third kappa shape index (κ3) is 6.41. The second-order valence-corrected chi connectivity index (χ2v) is 10.6. The number of hydrogen-bond donors (Lipinski definition) is 1. The van der Waals surface area contributed by atoms with Crippen molar-refractivity contribution in [1.29, 1.82) is 0 Å². The summed E-state index contributed by atoms with van der Waals surface area (Å²) < 4.78 is 16.0. The van der Waals surface area contributed by atoms with Gasteiger partial charge in [-0.3, -0.25) is 4.79 Å². The van der Waals surface area contributed by atoms with E-state index in [0.717, 1.165) is 40.5 Å². The van der Waals surface area contributed by atoms with Crippen LogP contribution in [0, 0.1) is 27.7 Å². The maximum Gasteiger partial charge on any atom is 0.307 e. The minimum absolute atomic E-state index is 0.174. The number of nitrogens with zero attached hydrogens (tertiary/aromatic N) is 3. The highest BCUT2D eigenvalue weighted by molar-refractivity contribution is 5.92. The Balaban J connectivity index is 1.16. The molecular weight excluding hydrogens is 524 g/mol. The van der Waals surface area contributed by atoms with Gasteiger partial charge in [-0.05, 0) is 113 Å². The molecule has 0 radical (unpaired) electrons. The van der Waals surface area contributed by atoms with E-state index in [2.05, 4.69) is 96.7 Å². The molecule has 0 aliphatic carbocycles. The van der Waals surface area contributed by atoms with E-state index in [1.54, 1.807) is 18.3 Å². The summed E-state index contributed by atoms with van der Waals surface area (Å²) in [5.74, 6) is 1.02. The first-order valence-corrected chi connectivity index (χ1v) is 14.4. The summed E-state index contributed by atoms with van der Waals surface area (Å²) in [6.07, 6.45) is 5.16. The topological polar surface area (TPSA) is 73.7 Å². The lowest BCUT2D eigenvalue weighted by Crippen LogP contribution is -2.16.